The summed E-state index contributed by atoms with van der Waals surface area (Å²) in [6.07, 6.45) is 5.65. The second-order valence-electron chi connectivity index (χ2n) is 13.7. The molecule has 0 saturated heterocycles. The largest absolute Gasteiger partial charge is 0.511 e. The summed E-state index contributed by atoms with van der Waals surface area (Å²) in [6.45, 7) is 6.27. The zero-order chi connectivity index (χ0) is 30.6. The van der Waals surface area contributed by atoms with E-state index in [1.54, 1.807) is 0 Å². The summed E-state index contributed by atoms with van der Waals surface area (Å²) in [4.78, 5) is 12.3. The number of fused-ring (bicyclic) bond motifs is 5. The van der Waals surface area contributed by atoms with Gasteiger partial charge < -0.3 is 10.4 Å². The van der Waals surface area contributed by atoms with Crippen LogP contribution >= 0.6 is 0 Å². The fraction of sp³-hybridized carbons (Fsp3) is 0.963. The number of amides is 1. The first-order chi connectivity index (χ1) is 18.8. The van der Waals surface area contributed by atoms with Crippen LogP contribution in [0.15, 0.2) is 0 Å². The van der Waals surface area contributed by atoms with Gasteiger partial charge in [0.15, 0.2) is 0 Å². The van der Waals surface area contributed by atoms with Crippen molar-refractivity contribution in [3.8, 4) is 0 Å². The van der Waals surface area contributed by atoms with E-state index in [0.29, 0.717) is 19.3 Å². The van der Waals surface area contributed by atoms with Crippen LogP contribution in [-0.4, -0.2) is 62.4 Å². The van der Waals surface area contributed by atoms with Crippen LogP contribution in [0.25, 0.3) is 0 Å². The van der Waals surface area contributed by atoms with Gasteiger partial charge in [0, 0.05) is 19.0 Å². The number of aliphatic hydroxyl groups is 1. The van der Waals surface area contributed by atoms with Crippen molar-refractivity contribution >= 4 is 26.0 Å². The van der Waals surface area contributed by atoms with Crippen molar-refractivity contribution in [2.75, 3.05) is 12.3 Å². The van der Waals surface area contributed by atoms with Crippen molar-refractivity contribution in [2.45, 2.75) is 103 Å². The Morgan fingerprint density at radius 2 is 1.63 bits per heavy atom. The highest BCUT2D eigenvalue weighted by molar-refractivity contribution is 7.90. The Hall–Kier alpha value is -0.960. The Labute approximate surface area is 241 Å². The van der Waals surface area contributed by atoms with E-state index in [1.807, 2.05) is 0 Å². The lowest BCUT2D eigenvalue weighted by Gasteiger charge is -2.63. The fourth-order valence-corrected chi connectivity index (χ4v) is 10.7. The summed E-state index contributed by atoms with van der Waals surface area (Å²) in [5.74, 6) is -0.767. The molecule has 1 amide bonds. The fourth-order valence-electron chi connectivity index (χ4n) is 9.58. The highest BCUT2D eigenvalue weighted by atomic mass is 32.2. The number of nitrogens with one attached hydrogen (secondary N) is 2. The van der Waals surface area contributed by atoms with Crippen LogP contribution in [0.1, 0.15) is 85.0 Å². The monoisotopic (exact) mass is 630 g/mol. The Morgan fingerprint density at radius 1 is 1.00 bits per heavy atom. The number of rotatable bonds is 9. The van der Waals surface area contributed by atoms with Gasteiger partial charge in [0.1, 0.15) is 0 Å². The summed E-state index contributed by atoms with van der Waals surface area (Å²) in [6, 6.07) is -0.859. The van der Waals surface area contributed by atoms with Gasteiger partial charge in [0.25, 0.3) is 10.1 Å². The van der Waals surface area contributed by atoms with E-state index in [9.17, 15) is 39.9 Å². The summed E-state index contributed by atoms with van der Waals surface area (Å²) >= 11 is 0. The minimum atomic E-state index is -5.54. The molecular formula is C27H45F3N2O7S2. The molecule has 0 aliphatic heterocycles. The molecule has 0 radical (unpaired) electrons. The van der Waals surface area contributed by atoms with E-state index in [1.165, 1.54) is 0 Å². The quantitative estimate of drug-likeness (QED) is 0.283. The van der Waals surface area contributed by atoms with Gasteiger partial charge in [0.2, 0.25) is 5.91 Å². The molecule has 238 valence electrons. The normalized spacial score (nSPS) is 40.2. The Morgan fingerprint density at radius 3 is 2.27 bits per heavy atom. The van der Waals surface area contributed by atoms with Crippen LogP contribution in [0, 0.1) is 46.3 Å². The second kappa shape index (κ2) is 11.5. The molecule has 0 bridgehead atoms. The minimum Gasteiger partial charge on any atom is -0.393 e. The van der Waals surface area contributed by atoms with Crippen molar-refractivity contribution < 1.29 is 44.5 Å². The number of halogens is 3. The molecule has 0 aromatic rings. The number of hydrogen-bond acceptors (Lipinski definition) is 6. The molecule has 0 aromatic carbocycles. The molecule has 4 N–H and O–H groups in total. The lowest BCUT2D eigenvalue weighted by molar-refractivity contribution is -0.140. The molecule has 0 aromatic heterocycles. The molecule has 4 rings (SSSR count). The zero-order valence-corrected chi connectivity index (χ0v) is 25.6. The Balaban J connectivity index is 1.53. The summed E-state index contributed by atoms with van der Waals surface area (Å²) < 4.78 is 98.0. The molecule has 1 unspecified atom stereocenters. The van der Waals surface area contributed by atoms with Gasteiger partial charge in [-0.2, -0.15) is 21.6 Å². The van der Waals surface area contributed by atoms with Crippen molar-refractivity contribution in [1.82, 2.24) is 10.0 Å². The molecular weight excluding hydrogens is 585 g/mol. The predicted molar refractivity (Wildman–Crippen MR) is 146 cm³/mol. The van der Waals surface area contributed by atoms with Gasteiger partial charge in [-0.3, -0.25) is 9.35 Å². The third-order valence-corrected chi connectivity index (χ3v) is 13.5. The molecule has 4 aliphatic carbocycles. The highest BCUT2D eigenvalue weighted by Gasteiger charge is 2.64. The highest BCUT2D eigenvalue weighted by Crippen LogP contribution is 2.68. The third-order valence-electron chi connectivity index (χ3n) is 11.6. The maximum absolute atomic E-state index is 13.5. The molecule has 0 spiro atoms. The maximum atomic E-state index is 13.5. The molecule has 41 heavy (non-hydrogen) atoms. The molecule has 14 heteroatoms. The summed E-state index contributed by atoms with van der Waals surface area (Å²) in [5, 5.41) is 12.9. The van der Waals surface area contributed by atoms with Gasteiger partial charge in [0.05, 0.1) is 11.9 Å². The van der Waals surface area contributed by atoms with Gasteiger partial charge in [-0.1, -0.05) is 20.8 Å². The van der Waals surface area contributed by atoms with E-state index in [2.05, 4.69) is 30.8 Å². The summed E-state index contributed by atoms with van der Waals surface area (Å²) in [7, 11) is -9.71. The first kappa shape index (κ1) is 32.9. The molecule has 9 nitrogen and oxygen atoms in total. The minimum absolute atomic E-state index is 0.0304. The SMILES string of the molecule is C[C@H](CCC(=O)NCCS(=O)(=O)O)[C@H]1CC[C@H]2[C@@H]3[C@@H](NS(=O)(=O)C(F)(F)F)CC4C[C@H](O)CC[C@]4(C)[C@H]3CC[C@]12C. The molecule has 4 saturated carbocycles. The lowest BCUT2D eigenvalue weighted by Crippen LogP contribution is -2.63. The predicted octanol–water partition coefficient (Wildman–Crippen LogP) is 3.84. The van der Waals surface area contributed by atoms with Crippen molar-refractivity contribution in [2.24, 2.45) is 46.3 Å². The van der Waals surface area contributed by atoms with Gasteiger partial charge in [-0.05, 0) is 104 Å². The van der Waals surface area contributed by atoms with Crippen molar-refractivity contribution in [3.63, 3.8) is 0 Å². The smallest absolute Gasteiger partial charge is 0.393 e. The average molecular weight is 631 g/mol. The first-order valence-electron chi connectivity index (χ1n) is 14.8. The van der Waals surface area contributed by atoms with Gasteiger partial charge in [-0.25, -0.2) is 13.1 Å². The summed E-state index contributed by atoms with van der Waals surface area (Å²) in [5.41, 5.74) is -5.79. The van der Waals surface area contributed by atoms with Crippen LogP contribution in [0.3, 0.4) is 0 Å². The number of alkyl halides is 3. The van der Waals surface area contributed by atoms with Crippen LogP contribution in [0.4, 0.5) is 13.2 Å². The van der Waals surface area contributed by atoms with E-state index in [-0.39, 0.29) is 71.6 Å². The topological polar surface area (TPSA) is 150 Å². The Bertz CT molecular complexity index is 1200. The number of carbonyl (C=O) groups excluding carboxylic acids is 1. The first-order valence-corrected chi connectivity index (χ1v) is 17.9. The number of aliphatic hydroxyl groups excluding tert-OH is 1. The van der Waals surface area contributed by atoms with E-state index >= 15 is 0 Å². The molecule has 0 heterocycles. The number of sulfonamides is 1. The van der Waals surface area contributed by atoms with Crippen molar-refractivity contribution in [3.05, 3.63) is 0 Å². The van der Waals surface area contributed by atoms with E-state index < -0.39 is 43.5 Å². The van der Waals surface area contributed by atoms with Gasteiger partial charge >= 0.3 is 15.5 Å². The van der Waals surface area contributed by atoms with Crippen molar-refractivity contribution in [1.29, 1.82) is 0 Å². The zero-order valence-electron chi connectivity index (χ0n) is 24.0. The molecule has 4 fully saturated rings. The molecule has 10 atom stereocenters. The van der Waals surface area contributed by atoms with Gasteiger partial charge in [-0.15, -0.1) is 0 Å². The van der Waals surface area contributed by atoms with E-state index in [4.69, 9.17) is 4.55 Å². The van der Waals surface area contributed by atoms with Crippen LogP contribution in [0.2, 0.25) is 0 Å². The maximum Gasteiger partial charge on any atom is 0.511 e. The number of hydrogen-bond donors (Lipinski definition) is 4. The second-order valence-corrected chi connectivity index (χ2v) is 17.0. The van der Waals surface area contributed by atoms with Crippen LogP contribution in [0.5, 0.6) is 0 Å². The van der Waals surface area contributed by atoms with Crippen LogP contribution in [-0.2, 0) is 24.9 Å². The van der Waals surface area contributed by atoms with E-state index in [0.717, 1.165) is 32.1 Å². The average Bonchev–Trinajstić information content (AvgIpc) is 3.19. The Kier molecular flexibility index (Phi) is 9.25. The molecule has 4 aliphatic rings. The van der Waals surface area contributed by atoms with Crippen LogP contribution < -0.4 is 10.0 Å². The standard InChI is InChI=1S/C27H45F3N2O7S2/c1-16(4-7-23(34)31-12-13-40(35,36)37)19-5-6-20-24-21(9-11-26(19,20)3)25(2)10-8-18(33)14-17(25)15-22(24)32-41(38,39)27(28,29)30/h16-22,24,32-33H,4-15H2,1-3H3,(H,31,34)(H,35,36,37)/t16-,17?,18-,19-,20+,21+,22+,24+,25+,26-/m1/s1. The lowest BCUT2D eigenvalue weighted by atomic mass is 9.43. The third kappa shape index (κ3) is 6.61. The number of carbonyl (C=O) groups is 1.